The van der Waals surface area contributed by atoms with E-state index < -0.39 is 0 Å². The minimum Gasteiger partial charge on any atom is -0.497 e. The minimum atomic E-state index is -0.203. The number of nitrogens with zero attached hydrogens (tertiary/aromatic N) is 1. The maximum Gasteiger partial charge on any atom is 0.255 e. The standard InChI is InChI=1S/C28H22N2O3S/c1-33-21-15-13-19(14-16-21)28(32)29-20-7-6-8-22(17-20)34-18-27(31)30-25-11-4-2-9-23(25)24-10-3-5-12-26(24)30/h2-17H,18H2,1H3,(H,29,32). The predicted molar refractivity (Wildman–Crippen MR) is 138 cm³/mol. The second-order valence-electron chi connectivity index (χ2n) is 7.76. The number of anilines is 1. The highest BCUT2D eigenvalue weighted by Gasteiger charge is 2.16. The molecule has 5 nitrogen and oxygen atoms in total. The molecule has 6 heteroatoms. The first kappa shape index (κ1) is 21.8. The summed E-state index contributed by atoms with van der Waals surface area (Å²) < 4.78 is 6.94. The maximum absolute atomic E-state index is 13.3. The average Bonchev–Trinajstić information content (AvgIpc) is 3.22. The van der Waals surface area contributed by atoms with Crippen molar-refractivity contribution in [1.29, 1.82) is 0 Å². The molecule has 1 aromatic heterocycles. The summed E-state index contributed by atoms with van der Waals surface area (Å²) in [6, 6.07) is 30.4. The van der Waals surface area contributed by atoms with Crippen molar-refractivity contribution in [2.24, 2.45) is 0 Å². The lowest BCUT2D eigenvalue weighted by atomic mass is 10.2. The number of nitrogens with one attached hydrogen (secondary N) is 1. The van der Waals surface area contributed by atoms with Crippen LogP contribution < -0.4 is 10.1 Å². The van der Waals surface area contributed by atoms with E-state index in [2.05, 4.69) is 5.32 Å². The Morgan fingerprint density at radius 2 is 1.47 bits per heavy atom. The lowest BCUT2D eigenvalue weighted by molar-refractivity contribution is 0.0950. The third kappa shape index (κ3) is 4.28. The van der Waals surface area contributed by atoms with Gasteiger partial charge < -0.3 is 10.1 Å². The highest BCUT2D eigenvalue weighted by molar-refractivity contribution is 8.00. The van der Waals surface area contributed by atoms with E-state index in [1.807, 2.05) is 72.8 Å². The summed E-state index contributed by atoms with van der Waals surface area (Å²) in [6.45, 7) is 0. The van der Waals surface area contributed by atoms with Gasteiger partial charge in [-0.05, 0) is 54.6 Å². The van der Waals surface area contributed by atoms with Gasteiger partial charge in [-0.2, -0.15) is 0 Å². The number of carbonyl (C=O) groups excluding carboxylic acids is 2. The van der Waals surface area contributed by atoms with Crippen molar-refractivity contribution < 1.29 is 14.3 Å². The van der Waals surface area contributed by atoms with E-state index in [0.29, 0.717) is 17.0 Å². The molecule has 34 heavy (non-hydrogen) atoms. The Morgan fingerprint density at radius 1 is 0.824 bits per heavy atom. The Balaban J connectivity index is 1.32. The summed E-state index contributed by atoms with van der Waals surface area (Å²) in [4.78, 5) is 26.8. The number of aromatic nitrogens is 1. The zero-order valence-corrected chi connectivity index (χ0v) is 19.3. The van der Waals surface area contributed by atoms with Crippen molar-refractivity contribution in [2.75, 3.05) is 18.2 Å². The van der Waals surface area contributed by atoms with Crippen molar-refractivity contribution in [3.05, 3.63) is 103 Å². The van der Waals surface area contributed by atoms with Crippen LogP contribution in [0.5, 0.6) is 5.75 Å². The van der Waals surface area contributed by atoms with Gasteiger partial charge in [-0.25, -0.2) is 0 Å². The van der Waals surface area contributed by atoms with Crippen LogP contribution in [0.1, 0.15) is 15.2 Å². The Bertz CT molecular complexity index is 1450. The molecule has 0 saturated carbocycles. The van der Waals surface area contributed by atoms with Crippen LogP contribution in [-0.2, 0) is 0 Å². The first-order valence-electron chi connectivity index (χ1n) is 10.8. The molecule has 0 fully saturated rings. The zero-order chi connectivity index (χ0) is 23.5. The van der Waals surface area contributed by atoms with Crippen molar-refractivity contribution in [1.82, 2.24) is 4.57 Å². The van der Waals surface area contributed by atoms with E-state index in [1.54, 1.807) is 35.9 Å². The molecule has 168 valence electrons. The van der Waals surface area contributed by atoms with Gasteiger partial charge in [0.2, 0.25) is 5.91 Å². The van der Waals surface area contributed by atoms with Gasteiger partial charge in [-0.1, -0.05) is 42.5 Å². The number of hydrogen-bond acceptors (Lipinski definition) is 4. The van der Waals surface area contributed by atoms with Crippen LogP contribution in [0.15, 0.2) is 102 Å². The van der Waals surface area contributed by atoms with Crippen LogP contribution >= 0.6 is 11.8 Å². The lowest BCUT2D eigenvalue weighted by Crippen LogP contribution is -2.13. The molecule has 1 N–H and O–H groups in total. The first-order valence-corrected chi connectivity index (χ1v) is 11.8. The number of amides is 1. The molecular formula is C28H22N2O3S. The molecule has 0 unspecified atom stereocenters. The number of para-hydroxylation sites is 2. The van der Waals surface area contributed by atoms with Gasteiger partial charge in [-0.15, -0.1) is 11.8 Å². The normalized spacial score (nSPS) is 11.0. The highest BCUT2D eigenvalue weighted by atomic mass is 32.2. The summed E-state index contributed by atoms with van der Waals surface area (Å²) in [7, 11) is 1.59. The Hall–Kier alpha value is -4.03. The Labute approximate surface area is 201 Å². The molecular weight excluding hydrogens is 444 g/mol. The number of carbonyl (C=O) groups is 2. The fraction of sp³-hybridized carbons (Fsp3) is 0.0714. The number of ether oxygens (including phenoxy) is 1. The fourth-order valence-corrected chi connectivity index (χ4v) is 4.81. The van der Waals surface area contributed by atoms with E-state index in [0.717, 1.165) is 26.7 Å². The minimum absolute atomic E-state index is 0.00933. The van der Waals surface area contributed by atoms with Gasteiger partial charge in [0, 0.05) is 26.9 Å². The summed E-state index contributed by atoms with van der Waals surface area (Å²) in [5.74, 6) is 0.780. The topological polar surface area (TPSA) is 60.3 Å². The fourth-order valence-electron chi connectivity index (χ4n) is 4.01. The van der Waals surface area contributed by atoms with Crippen LogP contribution in [0.4, 0.5) is 5.69 Å². The van der Waals surface area contributed by atoms with Crippen LogP contribution in [0.3, 0.4) is 0 Å². The van der Waals surface area contributed by atoms with Crippen molar-refractivity contribution in [2.45, 2.75) is 4.90 Å². The molecule has 0 saturated heterocycles. The van der Waals surface area contributed by atoms with Crippen molar-refractivity contribution in [3.63, 3.8) is 0 Å². The zero-order valence-electron chi connectivity index (χ0n) is 18.5. The summed E-state index contributed by atoms with van der Waals surface area (Å²) in [6.07, 6.45) is 0. The van der Waals surface area contributed by atoms with E-state index in [1.165, 1.54) is 11.8 Å². The van der Waals surface area contributed by atoms with E-state index >= 15 is 0 Å². The van der Waals surface area contributed by atoms with Gasteiger partial charge in [0.05, 0.1) is 23.9 Å². The molecule has 0 aliphatic carbocycles. The van der Waals surface area contributed by atoms with Gasteiger partial charge >= 0.3 is 0 Å². The quantitative estimate of drug-likeness (QED) is 0.291. The molecule has 0 aliphatic heterocycles. The third-order valence-corrected chi connectivity index (χ3v) is 6.61. The van der Waals surface area contributed by atoms with E-state index in [4.69, 9.17) is 4.74 Å². The second kappa shape index (κ2) is 9.45. The van der Waals surface area contributed by atoms with Gasteiger partial charge in [0.25, 0.3) is 5.91 Å². The van der Waals surface area contributed by atoms with Crippen molar-refractivity contribution >= 4 is 51.1 Å². The number of methoxy groups -OCH3 is 1. The summed E-state index contributed by atoms with van der Waals surface area (Å²) >= 11 is 1.45. The molecule has 0 radical (unpaired) electrons. The average molecular weight is 467 g/mol. The SMILES string of the molecule is COc1ccc(C(=O)Nc2cccc(SCC(=O)n3c4ccccc4c4ccccc43)c2)cc1. The molecule has 5 aromatic rings. The van der Waals surface area contributed by atoms with Gasteiger partial charge in [-0.3, -0.25) is 14.2 Å². The van der Waals surface area contributed by atoms with E-state index in [-0.39, 0.29) is 17.6 Å². The first-order chi connectivity index (χ1) is 16.6. The lowest BCUT2D eigenvalue weighted by Gasteiger charge is -2.09. The summed E-state index contributed by atoms with van der Waals surface area (Å²) in [5, 5.41) is 5.05. The van der Waals surface area contributed by atoms with Crippen LogP contribution in [0.2, 0.25) is 0 Å². The third-order valence-electron chi connectivity index (χ3n) is 5.64. The van der Waals surface area contributed by atoms with Crippen molar-refractivity contribution in [3.8, 4) is 5.75 Å². The maximum atomic E-state index is 13.3. The number of hydrogen-bond donors (Lipinski definition) is 1. The van der Waals surface area contributed by atoms with E-state index in [9.17, 15) is 9.59 Å². The monoisotopic (exact) mass is 466 g/mol. The second-order valence-corrected chi connectivity index (χ2v) is 8.81. The van der Waals surface area contributed by atoms with Crippen LogP contribution in [0.25, 0.3) is 21.8 Å². The Kier molecular flexibility index (Phi) is 6.06. The highest BCUT2D eigenvalue weighted by Crippen LogP contribution is 2.30. The molecule has 0 aliphatic rings. The van der Waals surface area contributed by atoms with Crippen LogP contribution in [0, 0.1) is 0 Å². The van der Waals surface area contributed by atoms with Gasteiger partial charge in [0.1, 0.15) is 5.75 Å². The van der Waals surface area contributed by atoms with Gasteiger partial charge in [0.15, 0.2) is 0 Å². The number of thioether (sulfide) groups is 1. The summed E-state index contributed by atoms with van der Waals surface area (Å²) in [5.41, 5.74) is 3.04. The molecule has 0 atom stereocenters. The molecule has 5 rings (SSSR count). The molecule has 1 heterocycles. The predicted octanol–water partition coefficient (Wildman–Crippen LogP) is 6.49. The molecule has 4 aromatic carbocycles. The molecule has 0 spiro atoms. The smallest absolute Gasteiger partial charge is 0.255 e. The van der Waals surface area contributed by atoms with Crippen LogP contribution in [-0.4, -0.2) is 29.2 Å². The number of rotatable bonds is 6. The molecule has 0 bridgehead atoms. The Morgan fingerprint density at radius 3 is 2.12 bits per heavy atom. The largest absolute Gasteiger partial charge is 0.497 e. The number of fused-ring (bicyclic) bond motifs is 3. The number of benzene rings is 4. The molecule has 1 amide bonds.